The number of nitrogens with one attached hydrogen (secondary N) is 1. The molecule has 34 heavy (non-hydrogen) atoms. The summed E-state index contributed by atoms with van der Waals surface area (Å²) < 4.78 is 71.1. The molecule has 2 N–H and O–H groups in total. The van der Waals surface area contributed by atoms with Crippen LogP contribution in [0.2, 0.25) is 0 Å². The van der Waals surface area contributed by atoms with Crippen molar-refractivity contribution in [3.8, 4) is 17.0 Å². The summed E-state index contributed by atoms with van der Waals surface area (Å²) in [5, 5.41) is 12.1. The molecule has 0 aliphatic carbocycles. The fraction of sp³-hybridized carbons (Fsp3) is 0.261. The lowest BCUT2D eigenvalue weighted by atomic mass is 9.99. The van der Waals surface area contributed by atoms with E-state index < -0.39 is 27.5 Å². The van der Waals surface area contributed by atoms with E-state index in [4.69, 9.17) is 4.74 Å². The van der Waals surface area contributed by atoms with E-state index in [0.29, 0.717) is 5.69 Å². The van der Waals surface area contributed by atoms with Crippen molar-refractivity contribution < 1.29 is 36.2 Å². The van der Waals surface area contributed by atoms with Crippen LogP contribution < -0.4 is 10.1 Å². The maximum Gasteiger partial charge on any atom is 0.417 e. The van der Waals surface area contributed by atoms with Crippen LogP contribution >= 0.6 is 0 Å². The van der Waals surface area contributed by atoms with Crippen molar-refractivity contribution in [2.75, 3.05) is 25.3 Å². The maximum atomic E-state index is 13.8. The van der Waals surface area contributed by atoms with Gasteiger partial charge in [-0.25, -0.2) is 8.42 Å². The quantitative estimate of drug-likeness (QED) is 0.513. The number of amides is 1. The van der Waals surface area contributed by atoms with Crippen LogP contribution in [0.3, 0.4) is 0 Å². The van der Waals surface area contributed by atoms with Gasteiger partial charge in [0.25, 0.3) is 5.91 Å². The number of carbonyl (C=O) groups excluding carboxylic acids is 1. The fourth-order valence-corrected chi connectivity index (χ4v) is 4.24. The second kappa shape index (κ2) is 9.51. The van der Waals surface area contributed by atoms with Gasteiger partial charge in [0.2, 0.25) is 0 Å². The number of aromatic nitrogens is 1. The molecular weight excluding hydrogens is 473 g/mol. The number of aliphatic hydroxyl groups is 1. The average Bonchev–Trinajstić information content (AvgIpc) is 3.08. The Balaban J connectivity index is 2.06. The molecule has 0 spiro atoms. The van der Waals surface area contributed by atoms with Crippen LogP contribution in [0.25, 0.3) is 11.3 Å². The number of anilines is 1. The number of aliphatic hydroxyl groups excluding tert-OH is 1. The van der Waals surface area contributed by atoms with Crippen LogP contribution in [0.1, 0.15) is 21.5 Å². The minimum atomic E-state index is -4.69. The van der Waals surface area contributed by atoms with Gasteiger partial charge in [-0.05, 0) is 55.0 Å². The lowest BCUT2D eigenvalue weighted by Crippen LogP contribution is -2.12. The normalized spacial score (nSPS) is 12.0. The molecule has 0 radical (unpaired) electrons. The number of sulfone groups is 1. The summed E-state index contributed by atoms with van der Waals surface area (Å²) in [7, 11) is -2.14. The molecule has 0 fully saturated rings. The van der Waals surface area contributed by atoms with E-state index in [2.05, 4.69) is 5.32 Å². The van der Waals surface area contributed by atoms with E-state index in [1.54, 1.807) is 0 Å². The third-order valence-corrected chi connectivity index (χ3v) is 6.37. The summed E-state index contributed by atoms with van der Waals surface area (Å²) in [6.45, 7) is 1.14. The molecule has 7 nitrogen and oxygen atoms in total. The molecule has 0 unspecified atom stereocenters. The Morgan fingerprint density at radius 1 is 1.15 bits per heavy atom. The zero-order chi connectivity index (χ0) is 25.3. The Hall–Kier alpha value is -3.31. The molecule has 11 heteroatoms. The van der Waals surface area contributed by atoms with Gasteiger partial charge in [0, 0.05) is 30.2 Å². The standard InChI is InChI=1S/C23H23F3N2O5S/c1-14-19(22(30)27-15-4-7-17(8-5-15)34(3,31)32)13-28(10-11-29)21(14)18-9-6-16(33-2)12-20(18)23(24,25)26/h4-9,12-13,29H,10-11H2,1-3H3,(H,27,30). The van der Waals surface area contributed by atoms with Gasteiger partial charge in [0.15, 0.2) is 9.84 Å². The second-order valence-corrected chi connectivity index (χ2v) is 9.61. The van der Waals surface area contributed by atoms with Crippen LogP contribution in [0.15, 0.2) is 53.6 Å². The third-order valence-electron chi connectivity index (χ3n) is 5.24. The largest absolute Gasteiger partial charge is 0.497 e. The van der Waals surface area contributed by atoms with Crippen molar-refractivity contribution in [3.05, 3.63) is 65.4 Å². The summed E-state index contributed by atoms with van der Waals surface area (Å²) in [6, 6.07) is 9.06. The van der Waals surface area contributed by atoms with E-state index in [1.165, 1.54) is 61.2 Å². The second-order valence-electron chi connectivity index (χ2n) is 7.59. The molecule has 0 saturated carbocycles. The molecule has 0 atom stereocenters. The SMILES string of the molecule is COc1ccc(-c2c(C)c(C(=O)Nc3ccc(S(C)(=O)=O)cc3)cn2CCO)c(C(F)(F)F)c1. The molecule has 1 heterocycles. The number of benzene rings is 2. The van der Waals surface area contributed by atoms with Crippen molar-refractivity contribution in [1.29, 1.82) is 0 Å². The Morgan fingerprint density at radius 2 is 1.79 bits per heavy atom. The molecule has 182 valence electrons. The summed E-state index contributed by atoms with van der Waals surface area (Å²) in [5.41, 5.74) is -0.240. The lowest BCUT2D eigenvalue weighted by Gasteiger charge is -2.17. The number of rotatable bonds is 7. The highest BCUT2D eigenvalue weighted by atomic mass is 32.2. The average molecular weight is 497 g/mol. The van der Waals surface area contributed by atoms with E-state index in [1.807, 2.05) is 0 Å². The van der Waals surface area contributed by atoms with Crippen LogP contribution in [0, 0.1) is 6.92 Å². The minimum absolute atomic E-state index is 0.0319. The monoisotopic (exact) mass is 496 g/mol. The zero-order valence-electron chi connectivity index (χ0n) is 18.6. The van der Waals surface area contributed by atoms with Gasteiger partial charge in [-0.2, -0.15) is 13.2 Å². The first kappa shape index (κ1) is 25.3. The zero-order valence-corrected chi connectivity index (χ0v) is 19.4. The number of nitrogens with zero attached hydrogens (tertiary/aromatic N) is 1. The van der Waals surface area contributed by atoms with Crippen LogP contribution in [0.5, 0.6) is 5.75 Å². The van der Waals surface area contributed by atoms with E-state index in [9.17, 15) is 31.5 Å². The number of alkyl halides is 3. The van der Waals surface area contributed by atoms with Crippen LogP contribution in [-0.4, -0.2) is 44.0 Å². The number of hydrogen-bond donors (Lipinski definition) is 2. The fourth-order valence-electron chi connectivity index (χ4n) is 3.61. The Kier molecular flexibility index (Phi) is 7.08. The molecule has 0 aliphatic heterocycles. The summed E-state index contributed by atoms with van der Waals surface area (Å²) in [4.78, 5) is 13.0. The Morgan fingerprint density at radius 3 is 2.32 bits per heavy atom. The molecule has 3 rings (SSSR count). The van der Waals surface area contributed by atoms with Gasteiger partial charge in [0.1, 0.15) is 5.75 Å². The van der Waals surface area contributed by atoms with Gasteiger partial charge in [-0.3, -0.25) is 4.79 Å². The molecule has 3 aromatic rings. The van der Waals surface area contributed by atoms with E-state index in [0.717, 1.165) is 12.3 Å². The van der Waals surface area contributed by atoms with Crippen molar-refractivity contribution >= 4 is 21.4 Å². The molecule has 1 aromatic heterocycles. The number of ether oxygens (including phenoxy) is 1. The summed E-state index contributed by atoms with van der Waals surface area (Å²) >= 11 is 0. The highest BCUT2D eigenvalue weighted by Crippen LogP contribution is 2.41. The Bertz CT molecular complexity index is 1310. The molecule has 0 aliphatic rings. The number of hydrogen-bond acceptors (Lipinski definition) is 5. The third kappa shape index (κ3) is 5.26. The molecule has 0 saturated heterocycles. The lowest BCUT2D eigenvalue weighted by molar-refractivity contribution is -0.137. The molecule has 0 bridgehead atoms. The predicted octanol–water partition coefficient (Wildman–Crippen LogP) is 4.14. The number of methoxy groups -OCH3 is 1. The van der Waals surface area contributed by atoms with E-state index >= 15 is 0 Å². The van der Waals surface area contributed by atoms with Crippen molar-refractivity contribution in [2.24, 2.45) is 0 Å². The summed E-state index contributed by atoms with van der Waals surface area (Å²) in [6.07, 6.45) is -2.25. The highest BCUT2D eigenvalue weighted by Gasteiger charge is 2.36. The highest BCUT2D eigenvalue weighted by molar-refractivity contribution is 7.90. The van der Waals surface area contributed by atoms with Gasteiger partial charge in [-0.15, -0.1) is 0 Å². The summed E-state index contributed by atoms with van der Waals surface area (Å²) in [5.74, 6) is -0.561. The predicted molar refractivity (Wildman–Crippen MR) is 121 cm³/mol. The Labute approximate surface area is 194 Å². The van der Waals surface area contributed by atoms with Crippen LogP contribution in [-0.2, 0) is 22.6 Å². The molecular formula is C23H23F3N2O5S. The van der Waals surface area contributed by atoms with Crippen molar-refractivity contribution in [2.45, 2.75) is 24.5 Å². The van der Waals surface area contributed by atoms with Gasteiger partial charge >= 0.3 is 6.18 Å². The first-order valence-corrected chi connectivity index (χ1v) is 11.9. The number of carbonyl (C=O) groups is 1. The minimum Gasteiger partial charge on any atom is -0.497 e. The van der Waals surface area contributed by atoms with Gasteiger partial charge < -0.3 is 19.7 Å². The van der Waals surface area contributed by atoms with Crippen molar-refractivity contribution in [1.82, 2.24) is 4.57 Å². The maximum absolute atomic E-state index is 13.8. The molecule has 1 amide bonds. The van der Waals surface area contributed by atoms with E-state index in [-0.39, 0.29) is 46.2 Å². The topological polar surface area (TPSA) is 97.6 Å². The van der Waals surface area contributed by atoms with Crippen molar-refractivity contribution in [3.63, 3.8) is 0 Å². The smallest absolute Gasteiger partial charge is 0.417 e. The first-order chi connectivity index (χ1) is 15.9. The first-order valence-electron chi connectivity index (χ1n) is 10.0. The van der Waals surface area contributed by atoms with Gasteiger partial charge in [0.05, 0.1) is 35.4 Å². The molecule has 2 aromatic carbocycles. The van der Waals surface area contributed by atoms with Crippen LogP contribution in [0.4, 0.5) is 18.9 Å². The number of halogens is 3. The van der Waals surface area contributed by atoms with Gasteiger partial charge in [-0.1, -0.05) is 0 Å².